The van der Waals surface area contributed by atoms with E-state index in [0.29, 0.717) is 0 Å². The molecule has 0 aliphatic heterocycles. The molecule has 0 saturated carbocycles. The molecule has 0 saturated heterocycles. The van der Waals surface area contributed by atoms with Gasteiger partial charge in [-0.2, -0.15) is 0 Å². The molecule has 0 unspecified atom stereocenters. The lowest BCUT2D eigenvalue weighted by Crippen LogP contribution is -2.14. The van der Waals surface area contributed by atoms with Gasteiger partial charge in [-0.3, -0.25) is 4.99 Å². The average molecular weight is 191 g/mol. The summed E-state index contributed by atoms with van der Waals surface area (Å²) in [4.78, 5) is 4.42. The Balaban J connectivity index is 2.84. The number of nitrogens with zero attached hydrogens (tertiary/aromatic N) is 1. The highest BCUT2D eigenvalue weighted by atomic mass is 16.3. The van der Waals surface area contributed by atoms with Crippen LogP contribution in [0.25, 0.3) is 0 Å². The molecule has 1 rings (SSSR count). The largest absolute Gasteiger partial charge is 0.507 e. The molecular weight excluding hydrogens is 174 g/mol. The summed E-state index contributed by atoms with van der Waals surface area (Å²) >= 11 is 0. The molecule has 0 aliphatic rings. The average Bonchev–Trinajstić information content (AvgIpc) is 2.17. The molecule has 1 N–H and O–H groups in total. The van der Waals surface area contributed by atoms with Crippen molar-refractivity contribution in [1.82, 2.24) is 0 Å². The van der Waals surface area contributed by atoms with Crippen molar-refractivity contribution < 1.29 is 5.11 Å². The maximum atomic E-state index is 9.49. The van der Waals surface area contributed by atoms with Gasteiger partial charge in [0.15, 0.2) is 0 Å². The number of benzene rings is 1. The molecule has 76 valence electrons. The maximum Gasteiger partial charge on any atom is 0.124 e. The number of aromatic hydroxyl groups is 1. The fourth-order valence-electron chi connectivity index (χ4n) is 0.932. The smallest absolute Gasteiger partial charge is 0.124 e. The van der Waals surface area contributed by atoms with E-state index in [9.17, 15) is 5.11 Å². The molecule has 1 aromatic carbocycles. The Kier molecular flexibility index (Phi) is 3.28. The Hall–Kier alpha value is -1.31. The standard InChI is InChI=1S/C12H17NO/c1-4-12(2,3)13-9-10-7-5-6-8-11(10)14/h5-9,14H,4H2,1-3H3/b13-9+. The third-order valence-electron chi connectivity index (χ3n) is 2.36. The van der Waals surface area contributed by atoms with E-state index < -0.39 is 0 Å². The van der Waals surface area contributed by atoms with E-state index in [1.165, 1.54) is 0 Å². The van der Waals surface area contributed by atoms with E-state index in [-0.39, 0.29) is 11.3 Å². The van der Waals surface area contributed by atoms with Gasteiger partial charge in [-0.1, -0.05) is 19.1 Å². The molecule has 0 aliphatic carbocycles. The van der Waals surface area contributed by atoms with Crippen LogP contribution in [0.4, 0.5) is 0 Å². The monoisotopic (exact) mass is 191 g/mol. The zero-order valence-electron chi connectivity index (χ0n) is 8.99. The van der Waals surface area contributed by atoms with Crippen molar-refractivity contribution in [2.75, 3.05) is 0 Å². The third kappa shape index (κ3) is 2.87. The van der Waals surface area contributed by atoms with E-state index in [1.54, 1.807) is 18.3 Å². The first-order valence-electron chi connectivity index (χ1n) is 4.88. The molecule has 0 radical (unpaired) electrons. The van der Waals surface area contributed by atoms with Gasteiger partial charge in [-0.15, -0.1) is 0 Å². The highest BCUT2D eigenvalue weighted by molar-refractivity contribution is 5.83. The van der Waals surface area contributed by atoms with Crippen molar-refractivity contribution in [2.45, 2.75) is 32.7 Å². The summed E-state index contributed by atoms with van der Waals surface area (Å²) in [6.45, 7) is 6.25. The Morgan fingerprint density at radius 1 is 1.36 bits per heavy atom. The molecule has 2 heteroatoms. The first kappa shape index (κ1) is 10.8. The lowest BCUT2D eigenvalue weighted by Gasteiger charge is -2.16. The van der Waals surface area contributed by atoms with E-state index in [4.69, 9.17) is 0 Å². The van der Waals surface area contributed by atoms with Crippen LogP contribution in [-0.4, -0.2) is 16.9 Å². The van der Waals surface area contributed by atoms with Gasteiger partial charge in [0, 0.05) is 11.8 Å². The Bertz CT molecular complexity index is 329. The Morgan fingerprint density at radius 3 is 2.57 bits per heavy atom. The van der Waals surface area contributed by atoms with Gasteiger partial charge in [-0.05, 0) is 32.4 Å². The van der Waals surface area contributed by atoms with Crippen molar-refractivity contribution in [3.8, 4) is 5.75 Å². The molecule has 0 fully saturated rings. The number of rotatable bonds is 3. The van der Waals surface area contributed by atoms with Crippen LogP contribution in [-0.2, 0) is 0 Å². The minimum Gasteiger partial charge on any atom is -0.507 e. The third-order valence-corrected chi connectivity index (χ3v) is 2.36. The van der Waals surface area contributed by atoms with Crippen molar-refractivity contribution >= 4 is 6.21 Å². The molecule has 0 atom stereocenters. The second-order valence-corrected chi connectivity index (χ2v) is 3.98. The highest BCUT2D eigenvalue weighted by Crippen LogP contribution is 2.16. The normalized spacial score (nSPS) is 12.2. The van der Waals surface area contributed by atoms with Gasteiger partial charge in [0.25, 0.3) is 0 Å². The summed E-state index contributed by atoms with van der Waals surface area (Å²) in [7, 11) is 0. The summed E-state index contributed by atoms with van der Waals surface area (Å²) in [5.41, 5.74) is 0.719. The van der Waals surface area contributed by atoms with Crippen LogP contribution in [0.2, 0.25) is 0 Å². The molecule has 0 heterocycles. The number of aliphatic imine (C=N–C) groups is 1. The summed E-state index contributed by atoms with van der Waals surface area (Å²) in [5.74, 6) is 0.281. The van der Waals surface area contributed by atoms with Crippen LogP contribution < -0.4 is 0 Å². The van der Waals surface area contributed by atoms with E-state index in [0.717, 1.165) is 12.0 Å². The second-order valence-electron chi connectivity index (χ2n) is 3.98. The first-order valence-corrected chi connectivity index (χ1v) is 4.88. The minimum atomic E-state index is -0.0533. The fraction of sp³-hybridized carbons (Fsp3) is 0.417. The Labute approximate surface area is 85.3 Å². The lowest BCUT2D eigenvalue weighted by molar-refractivity contribution is 0.473. The number of phenols is 1. The van der Waals surface area contributed by atoms with Crippen LogP contribution in [0.3, 0.4) is 0 Å². The van der Waals surface area contributed by atoms with E-state index in [2.05, 4.69) is 25.8 Å². The predicted octanol–water partition coefficient (Wildman–Crippen LogP) is 3.00. The van der Waals surface area contributed by atoms with Gasteiger partial charge in [-0.25, -0.2) is 0 Å². The molecule has 1 aromatic rings. The molecule has 0 aromatic heterocycles. The van der Waals surface area contributed by atoms with Crippen LogP contribution in [0.5, 0.6) is 5.75 Å². The topological polar surface area (TPSA) is 32.6 Å². The van der Waals surface area contributed by atoms with Crippen molar-refractivity contribution in [2.24, 2.45) is 4.99 Å². The molecule has 0 spiro atoms. The second kappa shape index (κ2) is 4.27. The van der Waals surface area contributed by atoms with Gasteiger partial charge >= 0.3 is 0 Å². The van der Waals surface area contributed by atoms with Gasteiger partial charge in [0.2, 0.25) is 0 Å². The van der Waals surface area contributed by atoms with E-state index in [1.807, 2.05) is 12.1 Å². The molecule has 0 amide bonds. The van der Waals surface area contributed by atoms with Crippen molar-refractivity contribution in [3.63, 3.8) is 0 Å². The van der Waals surface area contributed by atoms with Gasteiger partial charge in [0.05, 0.1) is 5.54 Å². The lowest BCUT2D eigenvalue weighted by atomic mass is 10.0. The van der Waals surface area contributed by atoms with Crippen molar-refractivity contribution in [1.29, 1.82) is 0 Å². The van der Waals surface area contributed by atoms with E-state index >= 15 is 0 Å². The van der Waals surface area contributed by atoms with Crippen LogP contribution in [0.1, 0.15) is 32.8 Å². The summed E-state index contributed by atoms with van der Waals surface area (Å²) in [5, 5.41) is 9.49. The maximum absolute atomic E-state index is 9.49. The quantitative estimate of drug-likeness (QED) is 0.732. The molecule has 0 bridgehead atoms. The number of phenolic OH excluding ortho intramolecular Hbond substituents is 1. The highest BCUT2D eigenvalue weighted by Gasteiger charge is 2.11. The zero-order valence-corrected chi connectivity index (χ0v) is 8.99. The zero-order chi connectivity index (χ0) is 10.6. The van der Waals surface area contributed by atoms with Crippen LogP contribution in [0.15, 0.2) is 29.3 Å². The van der Waals surface area contributed by atoms with Crippen LogP contribution >= 0.6 is 0 Å². The van der Waals surface area contributed by atoms with Crippen molar-refractivity contribution in [3.05, 3.63) is 29.8 Å². The fourth-order valence-corrected chi connectivity index (χ4v) is 0.932. The Morgan fingerprint density at radius 2 is 2.00 bits per heavy atom. The number of hydrogen-bond acceptors (Lipinski definition) is 2. The summed E-state index contributed by atoms with van der Waals surface area (Å²) in [6, 6.07) is 7.21. The molecule has 14 heavy (non-hydrogen) atoms. The SMILES string of the molecule is CCC(C)(C)/N=C/c1ccccc1O. The molecule has 2 nitrogen and oxygen atoms in total. The predicted molar refractivity (Wildman–Crippen MR) is 60.1 cm³/mol. The number of para-hydroxylation sites is 1. The number of hydrogen-bond donors (Lipinski definition) is 1. The van der Waals surface area contributed by atoms with Gasteiger partial charge < -0.3 is 5.11 Å². The minimum absolute atomic E-state index is 0.0533. The van der Waals surface area contributed by atoms with Gasteiger partial charge in [0.1, 0.15) is 5.75 Å². The molecular formula is C12H17NO. The summed E-state index contributed by atoms with van der Waals surface area (Å²) < 4.78 is 0. The summed E-state index contributed by atoms with van der Waals surface area (Å²) in [6.07, 6.45) is 2.72. The first-order chi connectivity index (χ1) is 6.55. The van der Waals surface area contributed by atoms with Crippen LogP contribution in [0, 0.1) is 0 Å².